The van der Waals surface area contributed by atoms with Crippen molar-refractivity contribution in [1.29, 1.82) is 0 Å². The van der Waals surface area contributed by atoms with Crippen LogP contribution in [0.2, 0.25) is 0 Å². The number of thiol groups is 1. The predicted molar refractivity (Wildman–Crippen MR) is 82.9 cm³/mol. The summed E-state index contributed by atoms with van der Waals surface area (Å²) in [4.78, 5) is 4.23. The maximum absolute atomic E-state index is 10.6. The molecule has 1 aliphatic carbocycles. The van der Waals surface area contributed by atoms with E-state index in [2.05, 4.69) is 9.71 Å². The highest BCUT2D eigenvalue weighted by Gasteiger charge is 2.25. The fraction of sp³-hybridized carbons (Fsp3) is 0.667. The molecular weight excluding hydrogens is 288 g/mol. The van der Waals surface area contributed by atoms with Crippen LogP contribution in [0.4, 0.5) is 0 Å². The first-order valence-corrected chi connectivity index (χ1v) is 8.76. The Kier molecular flexibility index (Phi) is 6.45. The molecule has 0 amide bonds. The van der Waals surface area contributed by atoms with E-state index in [0.29, 0.717) is 25.0 Å². The van der Waals surface area contributed by atoms with Gasteiger partial charge in [-0.05, 0) is 43.7 Å². The quantitative estimate of drug-likeness (QED) is 0.757. The molecule has 6 heteroatoms. The Balaban J connectivity index is 1.82. The van der Waals surface area contributed by atoms with Crippen LogP contribution in [0.1, 0.15) is 37.8 Å². The lowest BCUT2D eigenvalue weighted by Gasteiger charge is -2.31. The third-order valence-corrected chi connectivity index (χ3v) is 4.65. The normalized spacial score (nSPS) is 22.4. The van der Waals surface area contributed by atoms with E-state index in [0.717, 1.165) is 30.7 Å². The number of hydrogen-bond acceptors (Lipinski definition) is 4. The summed E-state index contributed by atoms with van der Waals surface area (Å²) in [5, 5.41) is 0. The van der Waals surface area contributed by atoms with Gasteiger partial charge in [-0.25, -0.2) is 13.1 Å². The van der Waals surface area contributed by atoms with Crippen molar-refractivity contribution in [2.75, 3.05) is 13.2 Å². The van der Waals surface area contributed by atoms with Crippen LogP contribution in [0.3, 0.4) is 0 Å². The van der Waals surface area contributed by atoms with Crippen LogP contribution in [-0.2, 0) is 10.9 Å². The molecule has 0 aliphatic heterocycles. The van der Waals surface area contributed by atoms with Crippen molar-refractivity contribution in [3.63, 3.8) is 0 Å². The van der Waals surface area contributed by atoms with Gasteiger partial charge >= 0.3 is 0 Å². The zero-order chi connectivity index (χ0) is 15.1. The summed E-state index contributed by atoms with van der Waals surface area (Å²) in [7, 11) is -2.48. The Bertz CT molecular complexity index is 494. The molecule has 0 aromatic carbocycles. The highest BCUT2D eigenvalue weighted by molar-refractivity contribution is 7.70. The van der Waals surface area contributed by atoms with Crippen molar-refractivity contribution in [2.45, 2.75) is 39.0 Å². The Morgan fingerprint density at radius 3 is 2.71 bits per heavy atom. The molecule has 2 unspecified atom stereocenters. The number of nitrogens with one attached hydrogen (secondary N) is 1. The summed E-state index contributed by atoms with van der Waals surface area (Å²) in [5.74, 6) is 1.86. The summed E-state index contributed by atoms with van der Waals surface area (Å²) in [6.07, 6.45) is 7.45. The first kappa shape index (κ1) is 16.2. The predicted octanol–water partition coefficient (Wildman–Crippen LogP) is 2.08. The highest BCUT2D eigenvalue weighted by Crippen LogP contribution is 2.32. The van der Waals surface area contributed by atoms with Gasteiger partial charge in [0.2, 0.25) is 10.9 Å². The molecule has 118 valence electrons. The molecule has 0 spiro atoms. The van der Waals surface area contributed by atoms with Crippen LogP contribution in [-0.4, -0.2) is 26.6 Å². The van der Waals surface area contributed by atoms with Crippen molar-refractivity contribution in [2.24, 2.45) is 11.8 Å². The van der Waals surface area contributed by atoms with Gasteiger partial charge in [0.05, 0.1) is 12.8 Å². The lowest BCUT2D eigenvalue weighted by atomic mass is 9.78. The third kappa shape index (κ3) is 5.63. The van der Waals surface area contributed by atoms with E-state index in [4.69, 9.17) is 4.74 Å². The molecule has 5 nitrogen and oxygen atoms in total. The van der Waals surface area contributed by atoms with Crippen molar-refractivity contribution >= 4 is 10.9 Å². The minimum atomic E-state index is -2.48. The molecule has 2 rings (SSSR count). The van der Waals surface area contributed by atoms with Crippen LogP contribution in [0.5, 0.6) is 5.75 Å². The zero-order valence-electron chi connectivity index (χ0n) is 12.5. The number of rotatable bonds is 7. The van der Waals surface area contributed by atoms with E-state index in [1.165, 1.54) is 12.8 Å². The van der Waals surface area contributed by atoms with E-state index >= 15 is 0 Å². The number of hydrogen-bond donors (Lipinski definition) is 2. The number of ether oxygens (including phenoxy) is 1. The monoisotopic (exact) mass is 312 g/mol. The standard InChI is InChI=1S/C15H24N2O3S/c1-12-6-7-15(10-16-12)20-11-14-5-3-2-4-13(14)8-9-17-21(18)19/h6-7,10,13-14,21H,2-5,8-9,11H2,1H3,(H,17,18,19). The van der Waals surface area contributed by atoms with Gasteiger partial charge < -0.3 is 4.74 Å². The molecule has 1 aromatic heterocycles. The fourth-order valence-corrected chi connectivity index (χ4v) is 3.28. The maximum Gasteiger partial charge on any atom is 0.201 e. The van der Waals surface area contributed by atoms with Crippen molar-refractivity contribution < 1.29 is 13.2 Å². The molecule has 1 N–H and O–H groups in total. The number of aryl methyl sites for hydroxylation is 1. The van der Waals surface area contributed by atoms with E-state index < -0.39 is 10.9 Å². The largest absolute Gasteiger partial charge is 0.492 e. The third-order valence-electron chi connectivity index (χ3n) is 4.17. The average Bonchev–Trinajstić information content (AvgIpc) is 2.47. The van der Waals surface area contributed by atoms with Gasteiger partial charge in [-0.3, -0.25) is 4.98 Å². The zero-order valence-corrected chi connectivity index (χ0v) is 13.4. The molecule has 0 bridgehead atoms. The van der Waals surface area contributed by atoms with Crippen LogP contribution in [0.15, 0.2) is 18.3 Å². The Labute approximate surface area is 128 Å². The topological polar surface area (TPSA) is 68.3 Å². The second-order valence-corrected chi connectivity index (χ2v) is 6.54. The minimum absolute atomic E-state index is 0.506. The summed E-state index contributed by atoms with van der Waals surface area (Å²) >= 11 is 0. The summed E-state index contributed by atoms with van der Waals surface area (Å²) < 4.78 is 29.5. The fourth-order valence-electron chi connectivity index (χ4n) is 2.97. The van der Waals surface area contributed by atoms with E-state index in [9.17, 15) is 8.42 Å². The van der Waals surface area contributed by atoms with Gasteiger partial charge in [0.15, 0.2) is 0 Å². The SMILES string of the molecule is Cc1ccc(OCC2CCCCC2CCN[SH](=O)=O)cn1. The second-order valence-electron chi connectivity index (χ2n) is 5.70. The van der Waals surface area contributed by atoms with Gasteiger partial charge in [0, 0.05) is 12.2 Å². The van der Waals surface area contributed by atoms with Crippen LogP contribution in [0.25, 0.3) is 0 Å². The van der Waals surface area contributed by atoms with Crippen LogP contribution < -0.4 is 9.46 Å². The second kappa shape index (κ2) is 8.34. The van der Waals surface area contributed by atoms with E-state index in [-0.39, 0.29) is 0 Å². The van der Waals surface area contributed by atoms with E-state index in [1.807, 2.05) is 19.1 Å². The minimum Gasteiger partial charge on any atom is -0.492 e. The summed E-state index contributed by atoms with van der Waals surface area (Å²) in [5.41, 5.74) is 0.982. The Morgan fingerprint density at radius 1 is 1.29 bits per heavy atom. The number of aromatic nitrogens is 1. The number of pyridine rings is 1. The Morgan fingerprint density at radius 2 is 2.05 bits per heavy atom. The van der Waals surface area contributed by atoms with Gasteiger partial charge in [-0.1, -0.05) is 19.3 Å². The molecule has 1 aliphatic rings. The molecular formula is C15H24N2O3S. The molecule has 0 radical (unpaired) electrons. The van der Waals surface area contributed by atoms with Crippen molar-refractivity contribution in [1.82, 2.24) is 9.71 Å². The summed E-state index contributed by atoms with van der Waals surface area (Å²) in [6.45, 7) is 3.18. The van der Waals surface area contributed by atoms with Crippen molar-refractivity contribution in [3.05, 3.63) is 24.0 Å². The van der Waals surface area contributed by atoms with Crippen molar-refractivity contribution in [3.8, 4) is 5.75 Å². The van der Waals surface area contributed by atoms with Gasteiger partial charge in [0.25, 0.3) is 0 Å². The first-order chi connectivity index (χ1) is 10.1. The smallest absolute Gasteiger partial charge is 0.201 e. The molecule has 1 saturated carbocycles. The first-order valence-electron chi connectivity index (χ1n) is 7.58. The van der Waals surface area contributed by atoms with Gasteiger partial charge in [-0.15, -0.1) is 0 Å². The lowest BCUT2D eigenvalue weighted by molar-refractivity contribution is 0.143. The summed E-state index contributed by atoms with van der Waals surface area (Å²) in [6, 6.07) is 3.90. The molecule has 1 aromatic rings. The van der Waals surface area contributed by atoms with E-state index in [1.54, 1.807) is 6.20 Å². The van der Waals surface area contributed by atoms with Gasteiger partial charge in [0.1, 0.15) is 5.75 Å². The number of nitrogens with zero attached hydrogens (tertiary/aromatic N) is 1. The molecule has 1 heterocycles. The van der Waals surface area contributed by atoms with Gasteiger partial charge in [-0.2, -0.15) is 0 Å². The van der Waals surface area contributed by atoms with Crippen LogP contribution >= 0.6 is 0 Å². The molecule has 1 fully saturated rings. The lowest BCUT2D eigenvalue weighted by Crippen LogP contribution is -2.28. The average molecular weight is 312 g/mol. The molecule has 2 atom stereocenters. The maximum atomic E-state index is 10.6. The highest BCUT2D eigenvalue weighted by atomic mass is 32.2. The molecule has 0 saturated heterocycles. The molecule has 21 heavy (non-hydrogen) atoms. The van der Waals surface area contributed by atoms with Crippen LogP contribution in [0, 0.1) is 18.8 Å². The Hall–Kier alpha value is -1.14.